The molecule has 7 nitrogen and oxygen atoms in total. The summed E-state index contributed by atoms with van der Waals surface area (Å²) in [7, 11) is 0. The molecular weight excluding hydrogens is 342 g/mol. The van der Waals surface area contributed by atoms with E-state index in [-0.39, 0.29) is 30.3 Å². The number of ether oxygens (including phenoxy) is 1. The van der Waals surface area contributed by atoms with Gasteiger partial charge >= 0.3 is 0 Å². The molecule has 2 amide bonds. The van der Waals surface area contributed by atoms with E-state index in [0.29, 0.717) is 26.2 Å². The molecule has 0 aliphatic carbocycles. The summed E-state index contributed by atoms with van der Waals surface area (Å²) >= 11 is 1.48. The molecule has 4 N–H and O–H groups in total. The third kappa shape index (κ3) is 5.50. The average Bonchev–Trinajstić information content (AvgIpc) is 3.13. The van der Waals surface area contributed by atoms with Crippen molar-refractivity contribution in [2.24, 2.45) is 11.7 Å². The lowest BCUT2D eigenvalue weighted by molar-refractivity contribution is -0.141. The van der Waals surface area contributed by atoms with E-state index in [0.717, 1.165) is 4.88 Å². The van der Waals surface area contributed by atoms with Crippen molar-refractivity contribution in [2.45, 2.75) is 38.5 Å². The minimum absolute atomic E-state index is 0.00665. The van der Waals surface area contributed by atoms with E-state index < -0.39 is 12.1 Å². The van der Waals surface area contributed by atoms with Gasteiger partial charge in [-0.25, -0.2) is 0 Å². The molecule has 0 bridgehead atoms. The monoisotopic (exact) mass is 369 g/mol. The number of hydrogen-bond acceptors (Lipinski definition) is 6. The predicted octanol–water partition coefficient (Wildman–Crippen LogP) is 0.499. The Morgan fingerprint density at radius 1 is 1.52 bits per heavy atom. The molecule has 25 heavy (non-hydrogen) atoms. The number of aliphatic hydroxyl groups is 1. The number of nitrogens with zero attached hydrogens (tertiary/aromatic N) is 1. The van der Waals surface area contributed by atoms with E-state index in [4.69, 9.17) is 10.5 Å². The fourth-order valence-electron chi connectivity index (χ4n) is 2.72. The lowest BCUT2D eigenvalue weighted by Crippen LogP contribution is -2.53. The summed E-state index contributed by atoms with van der Waals surface area (Å²) in [5.41, 5.74) is 5.78. The van der Waals surface area contributed by atoms with Crippen LogP contribution in [-0.4, -0.2) is 60.2 Å². The molecule has 1 aliphatic heterocycles. The third-order valence-corrected chi connectivity index (χ3v) is 5.32. The third-order valence-electron chi connectivity index (χ3n) is 4.35. The summed E-state index contributed by atoms with van der Waals surface area (Å²) in [4.78, 5) is 27.0. The van der Waals surface area contributed by atoms with Crippen LogP contribution in [-0.2, 0) is 14.3 Å². The second-order valence-electron chi connectivity index (χ2n) is 6.57. The van der Waals surface area contributed by atoms with Crippen LogP contribution in [0.4, 0.5) is 0 Å². The Balaban J connectivity index is 1.90. The van der Waals surface area contributed by atoms with Crippen molar-refractivity contribution in [2.75, 3.05) is 26.3 Å². The van der Waals surface area contributed by atoms with Crippen LogP contribution in [0, 0.1) is 5.92 Å². The van der Waals surface area contributed by atoms with Crippen LogP contribution in [0.5, 0.6) is 0 Å². The number of nitrogens with one attached hydrogen (secondary N) is 1. The summed E-state index contributed by atoms with van der Waals surface area (Å²) in [6.07, 6.45) is -0.225. The smallest absolute Gasteiger partial charge is 0.242 e. The largest absolute Gasteiger partial charge is 0.387 e. The van der Waals surface area contributed by atoms with E-state index in [1.807, 2.05) is 31.4 Å². The Morgan fingerprint density at radius 3 is 2.92 bits per heavy atom. The molecule has 2 unspecified atom stereocenters. The van der Waals surface area contributed by atoms with Crippen molar-refractivity contribution in [1.29, 1.82) is 0 Å². The van der Waals surface area contributed by atoms with E-state index in [1.54, 1.807) is 4.90 Å². The quantitative estimate of drug-likeness (QED) is 0.649. The Kier molecular flexibility index (Phi) is 7.37. The number of rotatable bonds is 7. The van der Waals surface area contributed by atoms with Crippen LogP contribution in [0.15, 0.2) is 17.5 Å². The molecule has 0 saturated carbocycles. The normalized spacial score (nSPS) is 20.4. The number of hydrogen-bond donors (Lipinski definition) is 3. The highest BCUT2D eigenvalue weighted by Gasteiger charge is 2.30. The standard InChI is InChI=1S/C17H27N3O4S/c1-11(2)16(18)17(23)19-9-15(22)20-5-6-24-10-12(20)8-13(21)14-4-3-7-25-14/h3-4,7,11-13,16,21H,5-6,8-10,18H2,1-2H3,(H,19,23)/t12?,13?,16-/m0/s1. The number of aliphatic hydroxyl groups excluding tert-OH is 1. The van der Waals surface area contributed by atoms with Crippen LogP contribution in [0.25, 0.3) is 0 Å². The lowest BCUT2D eigenvalue weighted by atomic mass is 10.0. The SMILES string of the molecule is CC(C)[C@H](N)C(=O)NCC(=O)N1CCOCC1CC(O)c1cccs1. The number of amides is 2. The van der Waals surface area contributed by atoms with Gasteiger partial charge in [-0.1, -0.05) is 19.9 Å². The minimum Gasteiger partial charge on any atom is -0.387 e. The van der Waals surface area contributed by atoms with Crippen molar-refractivity contribution < 1.29 is 19.4 Å². The predicted molar refractivity (Wildman–Crippen MR) is 96.0 cm³/mol. The van der Waals surface area contributed by atoms with Crippen LogP contribution < -0.4 is 11.1 Å². The van der Waals surface area contributed by atoms with Gasteiger partial charge in [-0.2, -0.15) is 0 Å². The molecule has 1 aromatic heterocycles. The van der Waals surface area contributed by atoms with Crippen molar-refractivity contribution in [3.8, 4) is 0 Å². The summed E-state index contributed by atoms with van der Waals surface area (Å²) < 4.78 is 5.47. The first-order chi connectivity index (χ1) is 11.9. The maximum Gasteiger partial charge on any atom is 0.242 e. The lowest BCUT2D eigenvalue weighted by Gasteiger charge is -2.36. The zero-order chi connectivity index (χ0) is 18.4. The Hall–Kier alpha value is -1.48. The van der Waals surface area contributed by atoms with E-state index >= 15 is 0 Å². The summed E-state index contributed by atoms with van der Waals surface area (Å²) in [5.74, 6) is -0.505. The first-order valence-electron chi connectivity index (χ1n) is 8.52. The van der Waals surface area contributed by atoms with E-state index in [9.17, 15) is 14.7 Å². The Bertz CT molecular complexity index is 564. The number of carbonyl (C=O) groups is 2. The first kappa shape index (κ1) is 19.8. The van der Waals surface area contributed by atoms with Crippen molar-refractivity contribution in [3.05, 3.63) is 22.4 Å². The van der Waals surface area contributed by atoms with Gasteiger partial charge in [0.25, 0.3) is 0 Å². The maximum atomic E-state index is 12.5. The van der Waals surface area contributed by atoms with Crippen molar-refractivity contribution in [1.82, 2.24) is 10.2 Å². The topological polar surface area (TPSA) is 105 Å². The second kappa shape index (κ2) is 9.28. The molecule has 140 valence electrons. The highest BCUT2D eigenvalue weighted by atomic mass is 32.1. The first-order valence-corrected chi connectivity index (χ1v) is 9.40. The molecule has 2 heterocycles. The van der Waals surface area contributed by atoms with Crippen LogP contribution in [0.1, 0.15) is 31.2 Å². The summed E-state index contributed by atoms with van der Waals surface area (Å²) in [6, 6.07) is 2.92. The zero-order valence-electron chi connectivity index (χ0n) is 14.7. The van der Waals surface area contributed by atoms with Gasteiger partial charge in [0.2, 0.25) is 11.8 Å². The Labute approximate surface area is 152 Å². The fourth-order valence-corrected chi connectivity index (χ4v) is 3.44. The van der Waals surface area contributed by atoms with Crippen LogP contribution in [0.2, 0.25) is 0 Å². The number of carbonyl (C=O) groups excluding carboxylic acids is 2. The van der Waals surface area contributed by atoms with Gasteiger partial charge in [0.1, 0.15) is 0 Å². The summed E-state index contributed by atoms with van der Waals surface area (Å²) in [5, 5.41) is 14.9. The van der Waals surface area contributed by atoms with Gasteiger partial charge in [-0.05, 0) is 17.4 Å². The van der Waals surface area contributed by atoms with Crippen molar-refractivity contribution in [3.63, 3.8) is 0 Å². The van der Waals surface area contributed by atoms with Gasteiger partial charge in [0.05, 0.1) is 37.9 Å². The number of thiophene rings is 1. The second-order valence-corrected chi connectivity index (χ2v) is 7.55. The fraction of sp³-hybridized carbons (Fsp3) is 0.647. The van der Waals surface area contributed by atoms with E-state index in [1.165, 1.54) is 11.3 Å². The molecule has 0 radical (unpaired) electrons. The Morgan fingerprint density at radius 2 is 2.28 bits per heavy atom. The van der Waals surface area contributed by atoms with Gasteiger partial charge < -0.3 is 25.8 Å². The summed E-state index contributed by atoms with van der Waals surface area (Å²) in [6.45, 7) is 4.91. The number of morpholine rings is 1. The molecule has 1 aliphatic rings. The van der Waals surface area contributed by atoms with Crippen molar-refractivity contribution >= 4 is 23.2 Å². The van der Waals surface area contributed by atoms with Gasteiger partial charge in [-0.15, -0.1) is 11.3 Å². The average molecular weight is 369 g/mol. The molecular formula is C17H27N3O4S. The molecule has 0 aromatic carbocycles. The van der Waals surface area contributed by atoms with E-state index in [2.05, 4.69) is 5.32 Å². The molecule has 1 aromatic rings. The zero-order valence-corrected chi connectivity index (χ0v) is 15.5. The minimum atomic E-state index is -0.633. The molecule has 8 heteroatoms. The van der Waals surface area contributed by atoms with Crippen LogP contribution >= 0.6 is 11.3 Å². The highest BCUT2D eigenvalue weighted by molar-refractivity contribution is 7.10. The number of nitrogens with two attached hydrogens (primary N) is 1. The maximum absolute atomic E-state index is 12.5. The molecule has 0 spiro atoms. The molecule has 1 fully saturated rings. The van der Waals surface area contributed by atoms with Gasteiger partial charge in [0.15, 0.2) is 0 Å². The van der Waals surface area contributed by atoms with Gasteiger partial charge in [0, 0.05) is 17.8 Å². The molecule has 3 atom stereocenters. The van der Waals surface area contributed by atoms with Crippen LogP contribution in [0.3, 0.4) is 0 Å². The molecule has 1 saturated heterocycles. The molecule has 2 rings (SSSR count). The van der Waals surface area contributed by atoms with Gasteiger partial charge in [-0.3, -0.25) is 9.59 Å². The highest BCUT2D eigenvalue weighted by Crippen LogP contribution is 2.25.